The fourth-order valence-electron chi connectivity index (χ4n) is 6.02. The number of rotatable bonds is 2. The number of para-hydroxylation sites is 1. The molecule has 3 heteroatoms. The Morgan fingerprint density at radius 2 is 1.88 bits per heavy atom. The van der Waals surface area contributed by atoms with E-state index >= 15 is 0 Å². The second-order valence-electron chi connectivity index (χ2n) is 9.87. The highest BCUT2D eigenvalue weighted by atomic mass is 16.3. The minimum atomic E-state index is -2.32. The van der Waals surface area contributed by atoms with Crippen molar-refractivity contribution in [1.82, 2.24) is 9.97 Å². The second-order valence-corrected chi connectivity index (χ2v) is 9.87. The molecular formula is C29H32N2O. The number of furan rings is 1. The van der Waals surface area contributed by atoms with Crippen LogP contribution in [0.1, 0.15) is 86.0 Å². The minimum absolute atomic E-state index is 0.204. The van der Waals surface area contributed by atoms with Gasteiger partial charge in [0.2, 0.25) is 5.71 Å². The lowest BCUT2D eigenvalue weighted by Crippen LogP contribution is -2.29. The van der Waals surface area contributed by atoms with Crippen molar-refractivity contribution in [3.8, 4) is 11.3 Å². The normalized spacial score (nSPS) is 22.4. The molecule has 4 aromatic rings. The number of pyridine rings is 2. The van der Waals surface area contributed by atoms with Gasteiger partial charge in [-0.25, -0.2) is 4.98 Å². The molecule has 3 nitrogen and oxygen atoms in total. The summed E-state index contributed by atoms with van der Waals surface area (Å²) >= 11 is 0. The third kappa shape index (κ3) is 3.34. The summed E-state index contributed by atoms with van der Waals surface area (Å²) in [6, 6.07) is 11.8. The number of benzene rings is 1. The molecule has 2 aliphatic rings. The lowest BCUT2D eigenvalue weighted by atomic mass is 9.62. The van der Waals surface area contributed by atoms with Crippen LogP contribution in [0.5, 0.6) is 0 Å². The molecule has 0 unspecified atom stereocenters. The number of aromatic nitrogens is 2. The van der Waals surface area contributed by atoms with E-state index in [0.29, 0.717) is 40.8 Å². The van der Waals surface area contributed by atoms with Crippen LogP contribution in [-0.2, 0) is 0 Å². The van der Waals surface area contributed by atoms with Crippen molar-refractivity contribution in [1.29, 1.82) is 0 Å². The molecule has 0 amide bonds. The third-order valence-corrected chi connectivity index (χ3v) is 7.89. The zero-order chi connectivity index (χ0) is 25.1. The fraction of sp³-hybridized carbons (Fsp3) is 0.448. The third-order valence-electron chi connectivity index (χ3n) is 7.89. The minimum Gasteiger partial charge on any atom is -0.437 e. The van der Waals surface area contributed by atoms with Gasteiger partial charge in [0.1, 0.15) is 5.58 Å². The molecule has 2 fully saturated rings. The maximum atomic E-state index is 9.51. The van der Waals surface area contributed by atoms with Gasteiger partial charge in [-0.3, -0.25) is 4.98 Å². The SMILES string of the molecule is [2H]C([2H])([2H])c1cnc(-c2cccc3c2oc2nc(C)ccc23)cc1C1([2H])CCC2(CCCCC2)CC1. The molecule has 0 atom stereocenters. The van der Waals surface area contributed by atoms with Crippen LogP contribution in [0.25, 0.3) is 33.3 Å². The Kier molecular flexibility index (Phi) is 3.86. The van der Waals surface area contributed by atoms with Crippen LogP contribution in [0.3, 0.4) is 0 Å². The topological polar surface area (TPSA) is 38.9 Å². The summed E-state index contributed by atoms with van der Waals surface area (Å²) in [5.41, 5.74) is 4.75. The standard InChI is InChI=1S/C29H32N2O/c1-19-18-30-26(17-25(19)21-11-15-29(16-12-21)13-4-3-5-14-29)24-8-6-7-22-23-10-9-20(2)31-28(23)32-27(22)24/h6-10,17-18,21H,3-5,11-16H2,1-2H3/i1D3,21D. The molecule has 3 aromatic heterocycles. The molecule has 0 N–H and O–H groups in total. The van der Waals surface area contributed by atoms with E-state index in [2.05, 4.69) is 9.97 Å². The summed E-state index contributed by atoms with van der Waals surface area (Å²) in [5, 5.41) is 1.90. The average molecular weight is 429 g/mol. The highest BCUT2D eigenvalue weighted by Gasteiger charge is 2.36. The van der Waals surface area contributed by atoms with Crippen LogP contribution in [0.2, 0.25) is 0 Å². The summed E-state index contributed by atoms with van der Waals surface area (Å²) < 4.78 is 40.3. The van der Waals surface area contributed by atoms with E-state index in [0.717, 1.165) is 34.9 Å². The molecule has 3 heterocycles. The van der Waals surface area contributed by atoms with E-state index in [1.807, 2.05) is 43.3 Å². The molecule has 2 aliphatic carbocycles. The Morgan fingerprint density at radius 3 is 2.69 bits per heavy atom. The van der Waals surface area contributed by atoms with Crippen LogP contribution in [0.4, 0.5) is 0 Å². The van der Waals surface area contributed by atoms with Crippen molar-refractivity contribution in [2.75, 3.05) is 0 Å². The molecule has 6 rings (SSSR count). The first-order valence-corrected chi connectivity index (χ1v) is 12.0. The van der Waals surface area contributed by atoms with Crippen molar-refractivity contribution in [3.05, 3.63) is 59.4 Å². The lowest BCUT2D eigenvalue weighted by Gasteiger charge is -2.43. The monoisotopic (exact) mass is 428 g/mol. The molecule has 0 radical (unpaired) electrons. The molecule has 0 aliphatic heterocycles. The van der Waals surface area contributed by atoms with Gasteiger partial charge in [0.05, 0.1) is 5.69 Å². The molecular weight excluding hydrogens is 392 g/mol. The van der Waals surface area contributed by atoms with Crippen molar-refractivity contribution >= 4 is 22.1 Å². The number of hydrogen-bond acceptors (Lipinski definition) is 3. The maximum absolute atomic E-state index is 9.51. The zero-order valence-electron chi connectivity index (χ0n) is 22.7. The lowest BCUT2D eigenvalue weighted by molar-refractivity contribution is 0.114. The van der Waals surface area contributed by atoms with E-state index in [4.69, 9.17) is 8.53 Å². The van der Waals surface area contributed by atoms with Gasteiger partial charge in [-0.05, 0) is 99.0 Å². The molecule has 1 aromatic carbocycles. The zero-order valence-corrected chi connectivity index (χ0v) is 18.7. The molecule has 0 bridgehead atoms. The molecule has 2 saturated carbocycles. The first-order chi connectivity index (χ1) is 17.2. The van der Waals surface area contributed by atoms with Crippen LogP contribution >= 0.6 is 0 Å². The van der Waals surface area contributed by atoms with E-state index < -0.39 is 12.7 Å². The quantitative estimate of drug-likeness (QED) is 0.322. The number of hydrogen-bond donors (Lipinski definition) is 0. The molecule has 164 valence electrons. The number of aryl methyl sites for hydroxylation is 2. The Hall–Kier alpha value is -2.68. The van der Waals surface area contributed by atoms with Crippen molar-refractivity contribution in [2.24, 2.45) is 5.41 Å². The van der Waals surface area contributed by atoms with Crippen molar-refractivity contribution in [3.63, 3.8) is 0 Å². The van der Waals surface area contributed by atoms with Crippen molar-refractivity contribution < 1.29 is 9.90 Å². The van der Waals surface area contributed by atoms with Gasteiger partial charge >= 0.3 is 0 Å². The Bertz CT molecular complexity index is 1440. The second kappa shape index (κ2) is 7.72. The largest absolute Gasteiger partial charge is 0.437 e. The number of fused-ring (bicyclic) bond motifs is 3. The summed E-state index contributed by atoms with van der Waals surface area (Å²) in [6.07, 6.45) is 11.2. The summed E-state index contributed by atoms with van der Waals surface area (Å²) in [7, 11) is 0. The number of nitrogens with zero attached hydrogens (tertiary/aromatic N) is 2. The predicted molar refractivity (Wildman–Crippen MR) is 131 cm³/mol. The predicted octanol–water partition coefficient (Wildman–Crippen LogP) is 8.27. The maximum Gasteiger partial charge on any atom is 0.227 e. The van der Waals surface area contributed by atoms with Gasteiger partial charge in [-0.1, -0.05) is 31.4 Å². The van der Waals surface area contributed by atoms with E-state index in [1.54, 1.807) is 0 Å². The first kappa shape index (κ1) is 16.0. The van der Waals surface area contributed by atoms with Crippen molar-refractivity contribution in [2.45, 2.75) is 77.5 Å². The summed E-state index contributed by atoms with van der Waals surface area (Å²) in [5.74, 6) is -0.926. The van der Waals surface area contributed by atoms with Crippen LogP contribution in [0, 0.1) is 19.2 Å². The van der Waals surface area contributed by atoms with E-state index in [1.165, 1.54) is 38.3 Å². The van der Waals surface area contributed by atoms with Crippen LogP contribution < -0.4 is 0 Å². The van der Waals surface area contributed by atoms with Gasteiger partial charge in [0.25, 0.3) is 0 Å². The van der Waals surface area contributed by atoms with E-state index in [-0.39, 0.29) is 5.56 Å². The highest BCUT2D eigenvalue weighted by Crippen LogP contribution is 2.51. The first-order valence-electron chi connectivity index (χ1n) is 14.0. The Balaban J connectivity index is 1.46. The molecule has 32 heavy (non-hydrogen) atoms. The van der Waals surface area contributed by atoms with E-state index in [9.17, 15) is 1.37 Å². The average Bonchev–Trinajstić information content (AvgIpc) is 3.23. The molecule has 1 spiro atoms. The van der Waals surface area contributed by atoms with Gasteiger partial charge in [-0.15, -0.1) is 0 Å². The van der Waals surface area contributed by atoms with Crippen LogP contribution in [0.15, 0.2) is 47.0 Å². The molecule has 0 saturated heterocycles. The Labute approximate surface area is 195 Å². The van der Waals surface area contributed by atoms with Crippen LogP contribution in [-0.4, -0.2) is 9.97 Å². The smallest absolute Gasteiger partial charge is 0.227 e. The van der Waals surface area contributed by atoms with Gasteiger partial charge in [0.15, 0.2) is 0 Å². The van der Waals surface area contributed by atoms with Gasteiger partial charge in [-0.2, -0.15) is 0 Å². The fourth-order valence-corrected chi connectivity index (χ4v) is 6.02. The Morgan fingerprint density at radius 1 is 1.03 bits per heavy atom. The summed E-state index contributed by atoms with van der Waals surface area (Å²) in [6.45, 7) is -0.383. The highest BCUT2D eigenvalue weighted by molar-refractivity contribution is 6.08. The van der Waals surface area contributed by atoms with Gasteiger partial charge in [0, 0.05) is 33.7 Å². The van der Waals surface area contributed by atoms with Gasteiger partial charge < -0.3 is 4.42 Å². The summed E-state index contributed by atoms with van der Waals surface area (Å²) in [4.78, 5) is 9.15.